The monoisotopic (exact) mass is 255 g/mol. The van der Waals surface area contributed by atoms with E-state index in [1.54, 1.807) is 18.2 Å². The predicted octanol–water partition coefficient (Wildman–Crippen LogP) is 3.23. The van der Waals surface area contributed by atoms with Crippen LogP contribution in [0.5, 0.6) is 0 Å². The van der Waals surface area contributed by atoms with Crippen LogP contribution in [0.3, 0.4) is 0 Å². The number of alkyl carbamates (subject to hydrolysis) is 1. The Hall–Kier alpha value is -1.65. The summed E-state index contributed by atoms with van der Waals surface area (Å²) in [5, 5.41) is 2.18. The molecule has 1 aromatic carbocycles. The van der Waals surface area contributed by atoms with Gasteiger partial charge in [0.05, 0.1) is 0 Å². The van der Waals surface area contributed by atoms with Gasteiger partial charge in [0, 0.05) is 0 Å². The lowest BCUT2D eigenvalue weighted by Gasteiger charge is -2.32. The normalized spacial score (nSPS) is 22.5. The van der Waals surface area contributed by atoms with E-state index in [9.17, 15) is 13.6 Å². The Morgan fingerprint density at radius 3 is 2.83 bits per heavy atom. The average molecular weight is 255 g/mol. The number of rotatable bonds is 2. The van der Waals surface area contributed by atoms with Crippen LogP contribution in [0.2, 0.25) is 0 Å². The van der Waals surface area contributed by atoms with Gasteiger partial charge in [-0.1, -0.05) is 38.1 Å². The Bertz CT molecular complexity index is 460. The summed E-state index contributed by atoms with van der Waals surface area (Å²) in [6.07, 6.45) is -0.805. The molecule has 2 rings (SSSR count). The highest BCUT2D eigenvalue weighted by molar-refractivity contribution is 5.69. The first-order valence-corrected chi connectivity index (χ1v) is 5.81. The third-order valence-corrected chi connectivity index (χ3v) is 2.99. The molecule has 0 saturated carbocycles. The Kier molecular flexibility index (Phi) is 3.24. The molecule has 1 amide bonds. The minimum absolute atomic E-state index is 0.245. The van der Waals surface area contributed by atoms with Gasteiger partial charge in [0.15, 0.2) is 6.61 Å². The zero-order valence-corrected chi connectivity index (χ0v) is 10.2. The first-order chi connectivity index (χ1) is 8.40. The van der Waals surface area contributed by atoms with Crippen molar-refractivity contribution in [3.05, 3.63) is 35.4 Å². The van der Waals surface area contributed by atoms with Gasteiger partial charge in [0.2, 0.25) is 0 Å². The average Bonchev–Trinajstić information content (AvgIpc) is 2.32. The number of cyclic esters (lactones) is 1. The second-order valence-corrected chi connectivity index (χ2v) is 4.74. The predicted molar refractivity (Wildman–Crippen MR) is 62.7 cm³/mol. The highest BCUT2D eigenvalue weighted by atomic mass is 19.3. The Labute approximate surface area is 104 Å². The summed E-state index contributed by atoms with van der Waals surface area (Å²) in [4.78, 5) is 11.1. The molecule has 0 aliphatic carbocycles. The van der Waals surface area contributed by atoms with Gasteiger partial charge in [-0.15, -0.1) is 0 Å². The van der Waals surface area contributed by atoms with Crippen molar-refractivity contribution in [2.45, 2.75) is 31.7 Å². The fraction of sp³-hybridized carbons (Fsp3) is 0.462. The van der Waals surface area contributed by atoms with Gasteiger partial charge in [0.1, 0.15) is 6.04 Å². The Morgan fingerprint density at radius 1 is 1.44 bits per heavy atom. The number of amides is 1. The van der Waals surface area contributed by atoms with E-state index in [2.05, 4.69) is 10.1 Å². The summed E-state index contributed by atoms with van der Waals surface area (Å²) < 4.78 is 31.8. The first-order valence-electron chi connectivity index (χ1n) is 5.81. The van der Waals surface area contributed by atoms with Gasteiger partial charge in [-0.25, -0.2) is 13.6 Å². The van der Waals surface area contributed by atoms with Crippen molar-refractivity contribution in [1.29, 1.82) is 0 Å². The van der Waals surface area contributed by atoms with Crippen LogP contribution in [0.25, 0.3) is 0 Å². The van der Waals surface area contributed by atoms with E-state index in [1.165, 1.54) is 0 Å². The maximum atomic E-state index is 13.7. The summed E-state index contributed by atoms with van der Waals surface area (Å²) in [5.41, 5.74) is 1.37. The molecular formula is C13H15F2NO2. The van der Waals surface area contributed by atoms with Gasteiger partial charge in [-0.05, 0) is 17.0 Å². The molecule has 0 spiro atoms. The maximum Gasteiger partial charge on any atom is 0.408 e. The number of hydrogen-bond acceptors (Lipinski definition) is 2. The molecule has 1 aromatic rings. The molecule has 3 nitrogen and oxygen atoms in total. The smallest absolute Gasteiger partial charge is 0.408 e. The summed E-state index contributed by atoms with van der Waals surface area (Å²) >= 11 is 0. The van der Waals surface area contributed by atoms with E-state index < -0.39 is 24.7 Å². The van der Waals surface area contributed by atoms with Crippen LogP contribution in [0, 0.1) is 0 Å². The van der Waals surface area contributed by atoms with E-state index in [-0.39, 0.29) is 5.92 Å². The molecule has 1 saturated heterocycles. The molecule has 0 bridgehead atoms. The number of nitrogens with one attached hydrogen (secondary N) is 1. The van der Waals surface area contributed by atoms with E-state index in [1.807, 2.05) is 19.9 Å². The highest BCUT2D eigenvalue weighted by Gasteiger charge is 2.46. The van der Waals surface area contributed by atoms with Crippen LogP contribution in [0.1, 0.15) is 36.9 Å². The largest absolute Gasteiger partial charge is 0.443 e. The second-order valence-electron chi connectivity index (χ2n) is 4.74. The van der Waals surface area contributed by atoms with Gasteiger partial charge >= 0.3 is 12.0 Å². The van der Waals surface area contributed by atoms with E-state index in [0.717, 1.165) is 5.56 Å². The molecule has 5 heteroatoms. The minimum atomic E-state index is -3.09. The number of alkyl halides is 2. The number of benzene rings is 1. The standard InChI is InChI=1S/C13H15F2NO2/c1-8(2)9-4-3-5-10(6-9)11-13(14,15)7-18-12(17)16-11/h3-6,8,11H,7H2,1-2H3,(H,16,17)/t11-/m0/s1. The lowest BCUT2D eigenvalue weighted by molar-refractivity contribution is -0.104. The Balaban J connectivity index is 2.34. The third kappa shape index (κ3) is 2.44. The summed E-state index contributed by atoms with van der Waals surface area (Å²) in [7, 11) is 0. The summed E-state index contributed by atoms with van der Waals surface area (Å²) in [6, 6.07) is 5.58. The molecule has 0 radical (unpaired) electrons. The van der Waals surface area contributed by atoms with Crippen LogP contribution in [-0.2, 0) is 4.74 Å². The van der Waals surface area contributed by atoms with Gasteiger partial charge in [-0.3, -0.25) is 0 Å². The van der Waals surface area contributed by atoms with Crippen molar-refractivity contribution in [3.8, 4) is 0 Å². The minimum Gasteiger partial charge on any atom is -0.443 e. The van der Waals surface area contributed by atoms with Crippen LogP contribution >= 0.6 is 0 Å². The zero-order chi connectivity index (χ0) is 13.3. The molecule has 1 N–H and O–H groups in total. The fourth-order valence-electron chi connectivity index (χ4n) is 1.94. The maximum absolute atomic E-state index is 13.7. The second kappa shape index (κ2) is 4.55. The molecule has 0 unspecified atom stereocenters. The van der Waals surface area contributed by atoms with Crippen molar-refractivity contribution >= 4 is 6.09 Å². The highest BCUT2D eigenvalue weighted by Crippen LogP contribution is 2.35. The third-order valence-electron chi connectivity index (χ3n) is 2.99. The number of hydrogen-bond donors (Lipinski definition) is 1. The SMILES string of the molecule is CC(C)c1cccc([C@@H]2NC(=O)OCC2(F)F)c1. The molecule has 1 heterocycles. The van der Waals surface area contributed by atoms with Crippen LogP contribution in [0.15, 0.2) is 24.3 Å². The molecule has 98 valence electrons. The van der Waals surface area contributed by atoms with Gasteiger partial charge in [-0.2, -0.15) is 0 Å². The van der Waals surface area contributed by atoms with Gasteiger partial charge in [0.25, 0.3) is 0 Å². The number of halogens is 2. The molecule has 1 atom stereocenters. The fourth-order valence-corrected chi connectivity index (χ4v) is 1.94. The van der Waals surface area contributed by atoms with Crippen LogP contribution < -0.4 is 5.32 Å². The summed E-state index contributed by atoms with van der Waals surface area (Å²) in [5.74, 6) is -2.85. The van der Waals surface area contributed by atoms with Crippen molar-refractivity contribution in [3.63, 3.8) is 0 Å². The van der Waals surface area contributed by atoms with Crippen LogP contribution in [0.4, 0.5) is 13.6 Å². The molecule has 1 aliphatic heterocycles. The van der Waals surface area contributed by atoms with Gasteiger partial charge < -0.3 is 10.1 Å². The summed E-state index contributed by atoms with van der Waals surface area (Å²) in [6.45, 7) is 3.09. The van der Waals surface area contributed by atoms with E-state index in [4.69, 9.17) is 0 Å². The molecular weight excluding hydrogens is 240 g/mol. The van der Waals surface area contributed by atoms with Crippen molar-refractivity contribution < 1.29 is 18.3 Å². The van der Waals surface area contributed by atoms with Crippen molar-refractivity contribution in [2.75, 3.05) is 6.61 Å². The zero-order valence-electron chi connectivity index (χ0n) is 10.2. The lowest BCUT2D eigenvalue weighted by Crippen LogP contribution is -2.49. The van der Waals surface area contributed by atoms with E-state index in [0.29, 0.717) is 5.56 Å². The number of carbonyl (C=O) groups is 1. The van der Waals surface area contributed by atoms with Crippen LogP contribution in [-0.4, -0.2) is 18.6 Å². The topological polar surface area (TPSA) is 38.3 Å². The number of ether oxygens (including phenoxy) is 1. The molecule has 18 heavy (non-hydrogen) atoms. The Morgan fingerprint density at radius 2 is 2.17 bits per heavy atom. The first kappa shape index (κ1) is 12.8. The van der Waals surface area contributed by atoms with E-state index >= 15 is 0 Å². The number of carbonyl (C=O) groups excluding carboxylic acids is 1. The van der Waals surface area contributed by atoms with Crippen molar-refractivity contribution in [1.82, 2.24) is 5.32 Å². The van der Waals surface area contributed by atoms with Crippen molar-refractivity contribution in [2.24, 2.45) is 0 Å². The lowest BCUT2D eigenvalue weighted by atomic mass is 9.94. The molecule has 1 fully saturated rings. The molecule has 1 aliphatic rings. The molecule has 0 aromatic heterocycles. The quantitative estimate of drug-likeness (QED) is 0.881.